The third-order valence-electron chi connectivity index (χ3n) is 3.60. The monoisotopic (exact) mass is 364 g/mol. The van der Waals surface area contributed by atoms with Gasteiger partial charge in [0.2, 0.25) is 0 Å². The molecular weight excluding hydrogens is 349 g/mol. The first kappa shape index (κ1) is 17.7. The van der Waals surface area contributed by atoms with Crippen LogP contribution in [0.25, 0.3) is 10.8 Å². The molecule has 3 rings (SSSR count). The summed E-state index contributed by atoms with van der Waals surface area (Å²) in [6, 6.07) is 10.9. The third kappa shape index (κ3) is 3.90. The lowest BCUT2D eigenvalue weighted by Gasteiger charge is -2.14. The molecule has 0 spiro atoms. The topological polar surface area (TPSA) is 52.6 Å². The van der Waals surface area contributed by atoms with Gasteiger partial charge in [-0.05, 0) is 35.7 Å². The molecule has 1 aromatic heterocycles. The number of hydrogen-bond donors (Lipinski definition) is 1. The largest absolute Gasteiger partial charge is 0.573 e. The minimum Gasteiger partial charge on any atom is -0.493 e. The summed E-state index contributed by atoms with van der Waals surface area (Å²) in [5, 5.41) is 4.57. The number of aromatic nitrogens is 1. The third-order valence-corrected chi connectivity index (χ3v) is 3.60. The predicted octanol–water partition coefficient (Wildman–Crippen LogP) is 4.89. The molecule has 0 unspecified atom stereocenters. The fourth-order valence-corrected chi connectivity index (χ4v) is 2.51. The number of anilines is 2. The lowest BCUT2D eigenvalue weighted by atomic mass is 10.1. The van der Waals surface area contributed by atoms with E-state index in [1.165, 1.54) is 32.4 Å². The number of alkyl halides is 3. The number of methoxy groups -OCH3 is 2. The minimum absolute atomic E-state index is 0.318. The van der Waals surface area contributed by atoms with Crippen molar-refractivity contribution in [3.63, 3.8) is 0 Å². The normalized spacial score (nSPS) is 11.3. The zero-order valence-electron chi connectivity index (χ0n) is 13.9. The van der Waals surface area contributed by atoms with Gasteiger partial charge in [-0.1, -0.05) is 6.07 Å². The molecule has 26 heavy (non-hydrogen) atoms. The fourth-order valence-electron chi connectivity index (χ4n) is 2.51. The van der Waals surface area contributed by atoms with Crippen molar-refractivity contribution in [2.45, 2.75) is 6.36 Å². The van der Waals surface area contributed by atoms with Crippen molar-refractivity contribution in [1.82, 2.24) is 4.98 Å². The number of halogens is 3. The summed E-state index contributed by atoms with van der Waals surface area (Å²) < 4.78 is 51.7. The van der Waals surface area contributed by atoms with Crippen molar-refractivity contribution in [1.29, 1.82) is 0 Å². The second-order valence-electron chi connectivity index (χ2n) is 5.29. The molecule has 3 aromatic rings. The summed E-state index contributed by atoms with van der Waals surface area (Å²) in [5.41, 5.74) is 0.404. The summed E-state index contributed by atoms with van der Waals surface area (Å²) in [4.78, 5) is 4.27. The van der Waals surface area contributed by atoms with Crippen LogP contribution in [0.4, 0.5) is 24.7 Å². The molecule has 0 fully saturated rings. The number of fused-ring (bicyclic) bond motifs is 1. The standard InChI is InChI=1S/C18H15F3N2O3/c1-24-15-8-11-6-7-22-17(14(11)10-16(15)25-2)23-12-4-3-5-13(9-12)26-18(19,20)21/h3-10H,1-2H3,(H,22,23). The second kappa shape index (κ2) is 6.99. The Morgan fingerprint density at radius 3 is 2.38 bits per heavy atom. The number of hydrogen-bond acceptors (Lipinski definition) is 5. The van der Waals surface area contributed by atoms with Crippen LogP contribution in [0, 0.1) is 0 Å². The van der Waals surface area contributed by atoms with E-state index in [0.29, 0.717) is 23.0 Å². The molecule has 0 amide bonds. The molecule has 0 saturated carbocycles. The van der Waals surface area contributed by atoms with Crippen LogP contribution in [0.1, 0.15) is 0 Å². The van der Waals surface area contributed by atoms with Crippen molar-refractivity contribution in [3.8, 4) is 17.2 Å². The first-order valence-corrected chi connectivity index (χ1v) is 7.53. The second-order valence-corrected chi connectivity index (χ2v) is 5.29. The molecule has 0 aliphatic heterocycles. The Kier molecular flexibility index (Phi) is 4.75. The lowest BCUT2D eigenvalue weighted by Crippen LogP contribution is -2.17. The van der Waals surface area contributed by atoms with Crippen molar-refractivity contribution >= 4 is 22.3 Å². The van der Waals surface area contributed by atoms with Crippen LogP contribution in [0.5, 0.6) is 17.2 Å². The number of pyridine rings is 1. The van der Waals surface area contributed by atoms with Gasteiger partial charge in [0.25, 0.3) is 0 Å². The molecule has 0 radical (unpaired) electrons. The molecule has 136 valence electrons. The van der Waals surface area contributed by atoms with Gasteiger partial charge in [0.1, 0.15) is 11.6 Å². The van der Waals surface area contributed by atoms with Crippen molar-refractivity contribution < 1.29 is 27.4 Å². The van der Waals surface area contributed by atoms with Gasteiger partial charge < -0.3 is 19.5 Å². The molecule has 2 aromatic carbocycles. The van der Waals surface area contributed by atoms with E-state index in [0.717, 1.165) is 10.8 Å². The average molecular weight is 364 g/mol. The summed E-state index contributed by atoms with van der Waals surface area (Å²) in [6.45, 7) is 0. The number of ether oxygens (including phenoxy) is 3. The maximum absolute atomic E-state index is 12.4. The van der Waals surface area contributed by atoms with E-state index >= 15 is 0 Å². The zero-order valence-corrected chi connectivity index (χ0v) is 13.9. The van der Waals surface area contributed by atoms with Crippen LogP contribution < -0.4 is 19.5 Å². The molecule has 0 aliphatic rings. The number of nitrogens with zero attached hydrogens (tertiary/aromatic N) is 1. The molecule has 1 heterocycles. The van der Waals surface area contributed by atoms with E-state index in [2.05, 4.69) is 15.0 Å². The Labute approximate surface area is 147 Å². The minimum atomic E-state index is -4.75. The van der Waals surface area contributed by atoms with Crippen LogP contribution in [-0.2, 0) is 0 Å². The highest BCUT2D eigenvalue weighted by molar-refractivity contribution is 5.95. The van der Waals surface area contributed by atoms with Crippen LogP contribution >= 0.6 is 0 Å². The summed E-state index contributed by atoms with van der Waals surface area (Å²) in [6.07, 6.45) is -3.16. The van der Waals surface area contributed by atoms with Gasteiger partial charge >= 0.3 is 6.36 Å². The first-order valence-electron chi connectivity index (χ1n) is 7.53. The van der Waals surface area contributed by atoms with E-state index in [-0.39, 0.29) is 5.75 Å². The van der Waals surface area contributed by atoms with Crippen molar-refractivity contribution in [2.24, 2.45) is 0 Å². The maximum Gasteiger partial charge on any atom is 0.573 e. The average Bonchev–Trinajstić information content (AvgIpc) is 2.59. The molecule has 8 heteroatoms. The number of rotatable bonds is 5. The van der Waals surface area contributed by atoms with Gasteiger partial charge in [0.15, 0.2) is 11.5 Å². The number of nitrogens with one attached hydrogen (secondary N) is 1. The van der Waals surface area contributed by atoms with E-state index < -0.39 is 6.36 Å². The summed E-state index contributed by atoms with van der Waals surface area (Å²) >= 11 is 0. The van der Waals surface area contributed by atoms with Crippen molar-refractivity contribution in [3.05, 3.63) is 48.7 Å². The highest BCUT2D eigenvalue weighted by atomic mass is 19.4. The van der Waals surface area contributed by atoms with Crippen LogP contribution in [0.3, 0.4) is 0 Å². The number of benzene rings is 2. The Bertz CT molecular complexity index is 929. The molecule has 0 atom stereocenters. The Morgan fingerprint density at radius 1 is 0.962 bits per heavy atom. The van der Waals surface area contributed by atoms with E-state index in [4.69, 9.17) is 9.47 Å². The van der Waals surface area contributed by atoms with Gasteiger partial charge in [-0.25, -0.2) is 4.98 Å². The SMILES string of the molecule is COc1cc2ccnc(Nc3cccc(OC(F)(F)F)c3)c2cc1OC. The highest BCUT2D eigenvalue weighted by Gasteiger charge is 2.31. The first-order chi connectivity index (χ1) is 12.4. The lowest BCUT2D eigenvalue weighted by molar-refractivity contribution is -0.274. The van der Waals surface area contributed by atoms with Crippen molar-refractivity contribution in [2.75, 3.05) is 19.5 Å². The van der Waals surface area contributed by atoms with Gasteiger partial charge in [-0.15, -0.1) is 13.2 Å². The fraction of sp³-hybridized carbons (Fsp3) is 0.167. The van der Waals surface area contributed by atoms with Gasteiger partial charge in [-0.3, -0.25) is 0 Å². The molecular formula is C18H15F3N2O3. The molecule has 1 N–H and O–H groups in total. The maximum atomic E-state index is 12.4. The predicted molar refractivity (Wildman–Crippen MR) is 91.3 cm³/mol. The Balaban J connectivity index is 1.97. The smallest absolute Gasteiger partial charge is 0.493 e. The van der Waals surface area contributed by atoms with Gasteiger partial charge in [-0.2, -0.15) is 0 Å². The quantitative estimate of drug-likeness (QED) is 0.698. The molecule has 0 bridgehead atoms. The molecule has 0 saturated heterocycles. The van der Waals surface area contributed by atoms with Gasteiger partial charge in [0, 0.05) is 23.3 Å². The molecule has 5 nitrogen and oxygen atoms in total. The van der Waals surface area contributed by atoms with E-state index in [9.17, 15) is 13.2 Å². The Morgan fingerprint density at radius 2 is 1.69 bits per heavy atom. The van der Waals surface area contributed by atoms with Crippen LogP contribution in [0.2, 0.25) is 0 Å². The zero-order chi connectivity index (χ0) is 18.7. The Hall–Kier alpha value is -3.16. The summed E-state index contributed by atoms with van der Waals surface area (Å²) in [5.74, 6) is 1.23. The van der Waals surface area contributed by atoms with Crippen LogP contribution in [-0.4, -0.2) is 25.6 Å². The molecule has 0 aliphatic carbocycles. The van der Waals surface area contributed by atoms with E-state index in [1.807, 2.05) is 0 Å². The van der Waals surface area contributed by atoms with Crippen LogP contribution in [0.15, 0.2) is 48.7 Å². The van der Waals surface area contributed by atoms with E-state index in [1.54, 1.807) is 30.5 Å². The summed E-state index contributed by atoms with van der Waals surface area (Å²) in [7, 11) is 3.06. The van der Waals surface area contributed by atoms with Gasteiger partial charge in [0.05, 0.1) is 14.2 Å². The highest BCUT2D eigenvalue weighted by Crippen LogP contribution is 2.35.